The van der Waals surface area contributed by atoms with Crippen LogP contribution in [0.5, 0.6) is 0 Å². The maximum Gasteiger partial charge on any atom is 0.553 e. The van der Waals surface area contributed by atoms with E-state index in [-0.39, 0.29) is 17.0 Å². The first-order valence-corrected chi connectivity index (χ1v) is 11.8. The number of aromatic nitrogens is 2. The average Bonchev–Trinajstić information content (AvgIpc) is 3.57. The van der Waals surface area contributed by atoms with E-state index in [2.05, 4.69) is 0 Å². The van der Waals surface area contributed by atoms with Crippen LogP contribution in [-0.2, 0) is 12.1 Å². The highest BCUT2D eigenvalue weighted by Gasteiger charge is 2.73. The fourth-order valence-corrected chi connectivity index (χ4v) is 7.36. The second-order valence-electron chi connectivity index (χ2n) is 10.4. The van der Waals surface area contributed by atoms with Crippen molar-refractivity contribution in [3.63, 3.8) is 0 Å². The van der Waals surface area contributed by atoms with Crippen LogP contribution in [0.4, 0.5) is 13.2 Å². The van der Waals surface area contributed by atoms with Crippen molar-refractivity contribution in [2.75, 3.05) is 0 Å². The van der Waals surface area contributed by atoms with Crippen LogP contribution in [0.2, 0.25) is 0 Å². The SMILES string of the molecule is [2H]C([2H])([2H])C1=C2C=C(C)C3=[N+]2C24n5c(cc(C(F)(F)F)c5C(C([2H])([2H])[2H])=C5C=C(C)C1=[N+]52)C(C)=c1c(C)cc(n14)=C3C. The highest BCUT2D eigenvalue weighted by Crippen LogP contribution is 2.53. The Labute approximate surface area is 214 Å². The molecule has 6 aliphatic rings. The van der Waals surface area contributed by atoms with Crippen molar-refractivity contribution >= 4 is 28.1 Å². The van der Waals surface area contributed by atoms with E-state index in [9.17, 15) is 13.2 Å². The molecule has 1 spiro atoms. The van der Waals surface area contributed by atoms with Gasteiger partial charge in [-0.05, 0) is 71.6 Å². The van der Waals surface area contributed by atoms with Crippen LogP contribution in [0.1, 0.15) is 72.1 Å². The van der Waals surface area contributed by atoms with Gasteiger partial charge < -0.3 is 0 Å². The zero-order chi connectivity index (χ0) is 30.4. The monoisotopic (exact) mass is 492 g/mol. The summed E-state index contributed by atoms with van der Waals surface area (Å²) < 4.78 is 103. The molecule has 2 aromatic heterocycles. The average molecular weight is 493 g/mol. The number of alkyl halides is 3. The van der Waals surface area contributed by atoms with E-state index in [4.69, 9.17) is 8.22 Å². The molecule has 1 unspecified atom stereocenters. The predicted molar refractivity (Wildman–Crippen MR) is 132 cm³/mol. The molecule has 2 aromatic rings. The maximum atomic E-state index is 14.9. The summed E-state index contributed by atoms with van der Waals surface area (Å²) >= 11 is 0. The molecule has 0 bridgehead atoms. The van der Waals surface area contributed by atoms with E-state index < -0.39 is 42.6 Å². The Morgan fingerprint density at radius 1 is 0.806 bits per heavy atom. The molecule has 1 atom stereocenters. The zero-order valence-corrected chi connectivity index (χ0v) is 20.2. The van der Waals surface area contributed by atoms with Gasteiger partial charge in [0.05, 0.1) is 33.2 Å². The summed E-state index contributed by atoms with van der Waals surface area (Å²) in [5, 5.41) is 1.49. The van der Waals surface area contributed by atoms with Crippen molar-refractivity contribution in [3.05, 3.63) is 85.6 Å². The molecule has 0 radical (unpaired) electrons. The van der Waals surface area contributed by atoms with Gasteiger partial charge in [0.1, 0.15) is 0 Å². The first kappa shape index (κ1) is 15.5. The summed E-state index contributed by atoms with van der Waals surface area (Å²) in [6.07, 6.45) is -1.52. The van der Waals surface area contributed by atoms with Crippen LogP contribution in [0.15, 0.2) is 52.4 Å². The predicted octanol–water partition coefficient (Wildman–Crippen LogP) is 4.31. The van der Waals surface area contributed by atoms with E-state index in [0.29, 0.717) is 28.3 Å². The molecule has 8 rings (SSSR count). The Kier molecular flexibility index (Phi) is 2.38. The number of hydrogen-bond donors (Lipinski definition) is 0. The molecule has 180 valence electrons. The van der Waals surface area contributed by atoms with Crippen molar-refractivity contribution in [1.82, 2.24) is 9.13 Å². The zero-order valence-electron chi connectivity index (χ0n) is 26.2. The summed E-state index contributed by atoms with van der Waals surface area (Å²) in [6, 6.07) is 3.07. The van der Waals surface area contributed by atoms with Crippen LogP contribution in [0.25, 0.3) is 16.7 Å². The first-order chi connectivity index (χ1) is 19.3. The molecule has 6 aliphatic heterocycles. The van der Waals surface area contributed by atoms with Gasteiger partial charge in [-0.1, -0.05) is 9.15 Å². The topological polar surface area (TPSA) is 15.9 Å². The fourth-order valence-electron chi connectivity index (χ4n) is 7.36. The van der Waals surface area contributed by atoms with Gasteiger partial charge >= 0.3 is 12.1 Å². The van der Waals surface area contributed by atoms with Crippen molar-refractivity contribution in [2.45, 2.75) is 60.4 Å². The first-order valence-electron chi connectivity index (χ1n) is 14.8. The van der Waals surface area contributed by atoms with Crippen LogP contribution in [0, 0.1) is 6.92 Å². The molecule has 0 saturated heterocycles. The van der Waals surface area contributed by atoms with Gasteiger partial charge in [-0.15, -0.1) is 0 Å². The number of allylic oxidation sites excluding steroid dienone is 6. The molecule has 4 nitrogen and oxygen atoms in total. The third-order valence-corrected chi connectivity index (χ3v) is 8.54. The van der Waals surface area contributed by atoms with Gasteiger partial charge in [0.15, 0.2) is 0 Å². The van der Waals surface area contributed by atoms with E-state index in [0.717, 1.165) is 33.5 Å². The molecule has 0 aliphatic carbocycles. The van der Waals surface area contributed by atoms with E-state index in [1.165, 1.54) is 4.57 Å². The van der Waals surface area contributed by atoms with E-state index in [1.54, 1.807) is 30.6 Å². The highest BCUT2D eigenvalue weighted by atomic mass is 19.4. The Morgan fingerprint density at radius 3 is 2.03 bits per heavy atom. The third-order valence-electron chi connectivity index (χ3n) is 8.54. The lowest BCUT2D eigenvalue weighted by Crippen LogP contribution is -2.71. The van der Waals surface area contributed by atoms with Crippen molar-refractivity contribution < 1.29 is 30.5 Å². The van der Waals surface area contributed by atoms with Crippen molar-refractivity contribution in [2.24, 2.45) is 0 Å². The lowest BCUT2D eigenvalue weighted by Gasteiger charge is -2.40. The summed E-state index contributed by atoms with van der Waals surface area (Å²) in [7, 11) is 0. The van der Waals surface area contributed by atoms with Crippen LogP contribution < -0.4 is 10.7 Å². The second kappa shape index (κ2) is 5.53. The Balaban J connectivity index is 1.77. The van der Waals surface area contributed by atoms with Crippen LogP contribution in [-0.4, -0.2) is 29.7 Å². The molecule has 7 heteroatoms. The number of halogens is 3. The maximum absolute atomic E-state index is 14.9. The Hall–Kier alpha value is -3.61. The van der Waals surface area contributed by atoms with Crippen molar-refractivity contribution in [3.8, 4) is 0 Å². The molecule has 36 heavy (non-hydrogen) atoms. The standard InChI is InChI=1S/C29H25F3N4/c1-12-8-20-16(5)25-14(3)10-22-18(7)27-19(28(30,31)32)11-23-17(6)26-13(2)9-21-15(4)24(12)33(20)29(34(21)26,35(22)25)36(23)27/h8-11H,1-7H3/q+2/i5D3,7D3. The molecule has 0 saturated carbocycles. The minimum Gasteiger partial charge on any atom is -0.199 e. The summed E-state index contributed by atoms with van der Waals surface area (Å²) in [6.45, 7) is 3.60. The van der Waals surface area contributed by atoms with Gasteiger partial charge in [0.2, 0.25) is 22.8 Å². The smallest absolute Gasteiger partial charge is 0.199 e. The highest BCUT2D eigenvalue weighted by molar-refractivity contribution is 6.25. The van der Waals surface area contributed by atoms with Crippen LogP contribution in [0.3, 0.4) is 0 Å². The number of hydrogen-bond acceptors (Lipinski definition) is 0. The lowest BCUT2D eigenvalue weighted by atomic mass is 9.99. The lowest BCUT2D eigenvalue weighted by molar-refractivity contribution is -0.837. The number of nitrogens with zero attached hydrogens (tertiary/aromatic N) is 4. The van der Waals surface area contributed by atoms with Gasteiger partial charge in [-0.2, -0.15) is 22.3 Å². The van der Waals surface area contributed by atoms with Crippen LogP contribution >= 0.6 is 0 Å². The Morgan fingerprint density at radius 2 is 1.42 bits per heavy atom. The normalized spacial score (nSPS) is 28.0. The fraction of sp³-hybridized carbons (Fsp3) is 0.310. The largest absolute Gasteiger partial charge is 0.553 e. The summed E-state index contributed by atoms with van der Waals surface area (Å²) in [4.78, 5) is 0. The van der Waals surface area contributed by atoms with Gasteiger partial charge in [-0.3, -0.25) is 0 Å². The number of aryl methyl sites for hydroxylation is 1. The second-order valence-corrected chi connectivity index (χ2v) is 10.4. The number of rotatable bonds is 0. The Bertz CT molecular complexity index is 2130. The van der Waals surface area contributed by atoms with Gasteiger partial charge in [-0.25, -0.2) is 0 Å². The summed E-state index contributed by atoms with van der Waals surface area (Å²) in [5.41, 5.74) is 3.33. The minimum atomic E-state index is -4.86. The molecule has 0 aromatic carbocycles. The molecule has 0 fully saturated rings. The van der Waals surface area contributed by atoms with Gasteiger partial charge in [0, 0.05) is 42.7 Å². The minimum absolute atomic E-state index is 0.0391. The molecule has 8 heterocycles. The molecule has 0 N–H and O–H groups in total. The van der Waals surface area contributed by atoms with E-state index >= 15 is 0 Å². The summed E-state index contributed by atoms with van der Waals surface area (Å²) in [5.74, 6) is -1.60. The molecular formula is C29H25F3N4+2. The van der Waals surface area contributed by atoms with E-state index in [1.807, 2.05) is 36.0 Å². The quantitative estimate of drug-likeness (QED) is 0.488. The third kappa shape index (κ3) is 1.75. The molecular weight excluding hydrogens is 461 g/mol. The molecule has 0 amide bonds. The van der Waals surface area contributed by atoms with Gasteiger partial charge in [0.25, 0.3) is 0 Å². The van der Waals surface area contributed by atoms with Crippen molar-refractivity contribution in [1.29, 1.82) is 0 Å².